The van der Waals surface area contributed by atoms with E-state index in [-0.39, 0.29) is 5.84 Å². The molecule has 0 aromatic rings. The molecule has 0 fully saturated rings. The first kappa shape index (κ1) is 12.4. The van der Waals surface area contributed by atoms with Crippen molar-refractivity contribution in [2.24, 2.45) is 11.7 Å². The molecule has 0 aliphatic rings. The molecule has 3 heteroatoms. The molecule has 0 bridgehead atoms. The minimum Gasteiger partial charge on any atom is -0.387 e. The maximum Gasteiger partial charge on any atom is 0.105 e. The zero-order chi connectivity index (χ0) is 10.3. The summed E-state index contributed by atoms with van der Waals surface area (Å²) in [7, 11) is 0. The molecule has 0 saturated heterocycles. The lowest BCUT2D eigenvalue weighted by atomic mass is 10.0. The van der Waals surface area contributed by atoms with Crippen molar-refractivity contribution in [3.05, 3.63) is 0 Å². The normalized spacial score (nSPS) is 11.2. The summed E-state index contributed by atoms with van der Waals surface area (Å²) in [4.78, 5) is 2.24. The Bertz CT molecular complexity index is 141. The molecular formula is C10H23N3. The third kappa shape index (κ3) is 5.64. The molecule has 0 rings (SSSR count). The number of hydrogen-bond donors (Lipinski definition) is 2. The summed E-state index contributed by atoms with van der Waals surface area (Å²) in [6.07, 6.45) is 2.43. The van der Waals surface area contributed by atoms with Crippen LogP contribution >= 0.6 is 0 Å². The maximum absolute atomic E-state index is 7.22. The van der Waals surface area contributed by atoms with Gasteiger partial charge in [0.2, 0.25) is 0 Å². The third-order valence-electron chi connectivity index (χ3n) is 2.51. The van der Waals surface area contributed by atoms with E-state index in [1.165, 1.54) is 12.8 Å². The Balaban J connectivity index is 3.87. The minimum absolute atomic E-state index is 0.271. The van der Waals surface area contributed by atoms with E-state index in [1.807, 2.05) is 0 Å². The first-order valence-electron chi connectivity index (χ1n) is 5.19. The van der Waals surface area contributed by atoms with Gasteiger partial charge in [-0.15, -0.1) is 0 Å². The average molecular weight is 185 g/mol. The predicted octanol–water partition coefficient (Wildman–Crippen LogP) is 1.68. The second-order valence-corrected chi connectivity index (χ2v) is 3.54. The summed E-state index contributed by atoms with van der Waals surface area (Å²) in [6, 6.07) is 0. The summed E-state index contributed by atoms with van der Waals surface area (Å²) in [5, 5.41) is 7.22. The van der Waals surface area contributed by atoms with Crippen LogP contribution in [0.1, 0.15) is 33.6 Å². The predicted molar refractivity (Wildman–Crippen MR) is 58.1 cm³/mol. The average Bonchev–Trinajstić information content (AvgIpc) is 2.11. The summed E-state index contributed by atoms with van der Waals surface area (Å²) >= 11 is 0. The monoisotopic (exact) mass is 185 g/mol. The van der Waals surface area contributed by atoms with Crippen molar-refractivity contribution in [2.45, 2.75) is 33.6 Å². The Morgan fingerprint density at radius 1 is 1.31 bits per heavy atom. The van der Waals surface area contributed by atoms with Gasteiger partial charge in [-0.2, -0.15) is 0 Å². The lowest BCUT2D eigenvalue weighted by molar-refractivity contribution is 0.260. The van der Waals surface area contributed by atoms with Gasteiger partial charge in [0, 0.05) is 6.54 Å². The molecule has 3 nitrogen and oxygen atoms in total. The highest BCUT2D eigenvalue weighted by atomic mass is 15.1. The van der Waals surface area contributed by atoms with Crippen LogP contribution in [0.15, 0.2) is 0 Å². The van der Waals surface area contributed by atoms with Crippen molar-refractivity contribution in [2.75, 3.05) is 19.6 Å². The molecule has 3 N–H and O–H groups in total. The number of rotatable bonds is 7. The highest BCUT2D eigenvalue weighted by Gasteiger charge is 2.09. The van der Waals surface area contributed by atoms with Crippen LogP contribution in [-0.2, 0) is 0 Å². The highest BCUT2D eigenvalue weighted by Crippen LogP contribution is 2.09. The first-order valence-corrected chi connectivity index (χ1v) is 5.19. The van der Waals surface area contributed by atoms with Crippen molar-refractivity contribution < 1.29 is 0 Å². The molecule has 0 saturated carbocycles. The van der Waals surface area contributed by atoms with E-state index in [4.69, 9.17) is 11.1 Å². The van der Waals surface area contributed by atoms with Gasteiger partial charge in [0.1, 0.15) is 5.84 Å². The van der Waals surface area contributed by atoms with Crippen molar-refractivity contribution in [1.29, 1.82) is 5.41 Å². The lowest BCUT2D eigenvalue weighted by Gasteiger charge is -2.24. The zero-order valence-corrected chi connectivity index (χ0v) is 9.14. The summed E-state index contributed by atoms with van der Waals surface area (Å²) in [5.41, 5.74) is 5.37. The van der Waals surface area contributed by atoms with Gasteiger partial charge in [0.25, 0.3) is 0 Å². The Kier molecular flexibility index (Phi) is 6.59. The van der Waals surface area contributed by atoms with Crippen LogP contribution in [0.3, 0.4) is 0 Å². The first-order chi connectivity index (χ1) is 6.13. The smallest absolute Gasteiger partial charge is 0.105 e. The number of likely N-dealkylation sites (N-methyl/N-ethyl adjacent to an activating group) is 1. The summed E-state index contributed by atoms with van der Waals surface area (Å²) in [5.74, 6) is 1.02. The molecular weight excluding hydrogens is 162 g/mol. The quantitative estimate of drug-likeness (QED) is 0.468. The fourth-order valence-corrected chi connectivity index (χ4v) is 1.46. The number of amidine groups is 1. The van der Waals surface area contributed by atoms with Crippen molar-refractivity contribution in [1.82, 2.24) is 4.90 Å². The lowest BCUT2D eigenvalue weighted by Crippen LogP contribution is -2.36. The van der Waals surface area contributed by atoms with Gasteiger partial charge < -0.3 is 5.73 Å². The fourth-order valence-electron chi connectivity index (χ4n) is 1.46. The third-order valence-corrected chi connectivity index (χ3v) is 2.51. The Morgan fingerprint density at radius 2 is 1.85 bits per heavy atom. The van der Waals surface area contributed by atoms with Gasteiger partial charge in [-0.3, -0.25) is 10.3 Å². The molecule has 13 heavy (non-hydrogen) atoms. The van der Waals surface area contributed by atoms with Crippen molar-refractivity contribution >= 4 is 5.84 Å². The van der Waals surface area contributed by atoms with E-state index in [2.05, 4.69) is 25.7 Å². The van der Waals surface area contributed by atoms with Crippen LogP contribution < -0.4 is 5.73 Å². The SMILES string of the molecule is CCC(CC)CN(CC)CC(=N)N. The van der Waals surface area contributed by atoms with E-state index in [0.29, 0.717) is 6.54 Å². The van der Waals surface area contributed by atoms with Gasteiger partial charge in [-0.1, -0.05) is 33.6 Å². The maximum atomic E-state index is 7.22. The molecule has 0 radical (unpaired) electrons. The molecule has 0 aromatic carbocycles. The van der Waals surface area contributed by atoms with Gasteiger partial charge >= 0.3 is 0 Å². The molecule has 0 aliphatic carbocycles. The van der Waals surface area contributed by atoms with Crippen molar-refractivity contribution in [3.63, 3.8) is 0 Å². The van der Waals surface area contributed by atoms with E-state index >= 15 is 0 Å². The molecule has 0 aromatic heterocycles. The van der Waals surface area contributed by atoms with Gasteiger partial charge in [-0.05, 0) is 12.5 Å². The van der Waals surface area contributed by atoms with Gasteiger partial charge in [0.05, 0.1) is 6.54 Å². The van der Waals surface area contributed by atoms with Crippen LogP contribution in [0.2, 0.25) is 0 Å². The molecule has 0 amide bonds. The van der Waals surface area contributed by atoms with Gasteiger partial charge in [-0.25, -0.2) is 0 Å². The molecule has 78 valence electrons. The number of nitrogens with zero attached hydrogens (tertiary/aromatic N) is 1. The van der Waals surface area contributed by atoms with E-state index < -0.39 is 0 Å². The van der Waals surface area contributed by atoms with Crippen LogP contribution in [-0.4, -0.2) is 30.4 Å². The second-order valence-electron chi connectivity index (χ2n) is 3.54. The van der Waals surface area contributed by atoms with Crippen LogP contribution in [0.25, 0.3) is 0 Å². The fraction of sp³-hybridized carbons (Fsp3) is 0.900. The Labute approximate surface area is 81.8 Å². The number of hydrogen-bond acceptors (Lipinski definition) is 2. The molecule has 0 spiro atoms. The standard InChI is InChI=1S/C10H23N3/c1-4-9(5-2)7-13(6-3)8-10(11)12/h9H,4-8H2,1-3H3,(H3,11,12). The minimum atomic E-state index is 0.271. The van der Waals surface area contributed by atoms with E-state index in [9.17, 15) is 0 Å². The second kappa shape index (κ2) is 6.89. The number of nitrogens with two attached hydrogens (primary N) is 1. The molecule has 0 heterocycles. The van der Waals surface area contributed by atoms with Crippen LogP contribution in [0, 0.1) is 11.3 Å². The summed E-state index contributed by atoms with van der Waals surface area (Å²) < 4.78 is 0. The van der Waals surface area contributed by atoms with Crippen LogP contribution in [0.4, 0.5) is 0 Å². The van der Waals surface area contributed by atoms with E-state index in [1.54, 1.807) is 0 Å². The highest BCUT2D eigenvalue weighted by molar-refractivity contribution is 5.78. The van der Waals surface area contributed by atoms with Crippen molar-refractivity contribution in [3.8, 4) is 0 Å². The van der Waals surface area contributed by atoms with Crippen LogP contribution in [0.5, 0.6) is 0 Å². The largest absolute Gasteiger partial charge is 0.387 e. The summed E-state index contributed by atoms with van der Waals surface area (Å²) in [6.45, 7) is 9.23. The van der Waals surface area contributed by atoms with Gasteiger partial charge in [0.15, 0.2) is 0 Å². The Morgan fingerprint density at radius 3 is 2.15 bits per heavy atom. The zero-order valence-electron chi connectivity index (χ0n) is 9.14. The number of nitrogens with one attached hydrogen (secondary N) is 1. The molecule has 0 atom stereocenters. The molecule has 0 aliphatic heterocycles. The van der Waals surface area contributed by atoms with E-state index in [0.717, 1.165) is 19.0 Å². The topological polar surface area (TPSA) is 53.1 Å². The molecule has 0 unspecified atom stereocenters. The Hall–Kier alpha value is -0.570.